The molecule has 3 aromatic rings. The van der Waals surface area contributed by atoms with Crippen LogP contribution in [0, 0.1) is 13.8 Å². The number of aromatic nitrogens is 3. The van der Waals surface area contributed by atoms with Gasteiger partial charge >= 0.3 is 0 Å². The highest BCUT2D eigenvalue weighted by atomic mass is 16.3. The van der Waals surface area contributed by atoms with Crippen molar-refractivity contribution in [1.82, 2.24) is 14.5 Å². The van der Waals surface area contributed by atoms with Crippen LogP contribution in [0.25, 0.3) is 11.0 Å². The second-order valence-corrected chi connectivity index (χ2v) is 7.00. The Labute approximate surface area is 169 Å². The van der Waals surface area contributed by atoms with E-state index in [4.69, 9.17) is 0 Å². The van der Waals surface area contributed by atoms with E-state index in [9.17, 15) is 5.11 Å². The summed E-state index contributed by atoms with van der Waals surface area (Å²) in [6.07, 6.45) is 11.1. The molecule has 2 aromatic heterocycles. The zero-order valence-electron chi connectivity index (χ0n) is 16.5. The van der Waals surface area contributed by atoms with Gasteiger partial charge in [-0.2, -0.15) is 5.10 Å². The number of hydrogen-bond donors (Lipinski definition) is 2. The maximum Gasteiger partial charge on any atom is 0.159 e. The van der Waals surface area contributed by atoms with Crippen molar-refractivity contribution in [2.45, 2.75) is 26.8 Å². The summed E-state index contributed by atoms with van der Waals surface area (Å²) in [6, 6.07) is 10.3. The maximum atomic E-state index is 9.58. The van der Waals surface area contributed by atoms with Crippen molar-refractivity contribution >= 4 is 23.1 Å². The molecule has 6 nitrogen and oxygen atoms in total. The van der Waals surface area contributed by atoms with Gasteiger partial charge in [-0.25, -0.2) is 9.97 Å². The monoisotopic (exact) mass is 385 g/mol. The Morgan fingerprint density at radius 2 is 2.00 bits per heavy atom. The Balaban J connectivity index is 1.64. The highest BCUT2D eigenvalue weighted by Gasteiger charge is 2.16. The van der Waals surface area contributed by atoms with Crippen molar-refractivity contribution in [2.75, 3.05) is 5.43 Å². The summed E-state index contributed by atoms with van der Waals surface area (Å²) >= 11 is 0. The molecule has 6 heteroatoms. The maximum absolute atomic E-state index is 9.58. The van der Waals surface area contributed by atoms with Crippen LogP contribution in [0.1, 0.15) is 23.2 Å². The van der Waals surface area contributed by atoms with E-state index < -0.39 is 0 Å². The molecule has 0 bridgehead atoms. The molecule has 0 unspecified atom stereocenters. The van der Waals surface area contributed by atoms with Crippen LogP contribution in [0.5, 0.6) is 0 Å². The lowest BCUT2D eigenvalue weighted by Crippen LogP contribution is -2.03. The molecule has 0 aliphatic heterocycles. The van der Waals surface area contributed by atoms with Gasteiger partial charge in [-0.1, -0.05) is 48.6 Å². The zero-order valence-corrected chi connectivity index (χ0v) is 16.5. The third kappa shape index (κ3) is 3.96. The number of nitrogens with one attached hydrogen (secondary N) is 1. The molecule has 146 valence electrons. The Bertz CT molecular complexity index is 1150. The Hall–Kier alpha value is -3.67. The fourth-order valence-electron chi connectivity index (χ4n) is 3.40. The fourth-order valence-corrected chi connectivity index (χ4v) is 3.40. The molecule has 0 atom stereocenters. The molecule has 1 aliphatic rings. The number of aryl methyl sites for hydroxylation is 1. The smallest absolute Gasteiger partial charge is 0.159 e. The van der Waals surface area contributed by atoms with Gasteiger partial charge in [-0.05, 0) is 36.6 Å². The van der Waals surface area contributed by atoms with E-state index in [0.29, 0.717) is 18.0 Å². The predicted molar refractivity (Wildman–Crippen MR) is 117 cm³/mol. The molecule has 0 spiro atoms. The van der Waals surface area contributed by atoms with Crippen molar-refractivity contribution in [1.29, 1.82) is 0 Å². The fraction of sp³-hybridized carbons (Fsp3) is 0.174. The SMILES string of the molecule is Cc1c(C)n(Cc2ccccc2)c2ncnc(N/N=C/C3=CC=C(O)CC=C3)c12. The summed E-state index contributed by atoms with van der Waals surface area (Å²) in [5.74, 6) is 1.01. The molecule has 1 aliphatic carbocycles. The number of nitrogens with zero attached hydrogens (tertiary/aromatic N) is 4. The minimum atomic E-state index is 0.334. The second kappa shape index (κ2) is 8.14. The van der Waals surface area contributed by atoms with E-state index in [1.807, 2.05) is 36.4 Å². The Kier molecular flexibility index (Phi) is 5.24. The molecule has 0 saturated heterocycles. The number of fused-ring (bicyclic) bond motifs is 1. The van der Waals surface area contributed by atoms with E-state index >= 15 is 0 Å². The summed E-state index contributed by atoms with van der Waals surface area (Å²) in [5.41, 5.74) is 8.35. The minimum absolute atomic E-state index is 0.334. The van der Waals surface area contributed by atoms with Gasteiger partial charge in [0.25, 0.3) is 0 Å². The molecular weight excluding hydrogens is 362 g/mol. The van der Waals surface area contributed by atoms with Crippen LogP contribution >= 0.6 is 0 Å². The lowest BCUT2D eigenvalue weighted by Gasteiger charge is -2.08. The highest BCUT2D eigenvalue weighted by molar-refractivity contribution is 5.92. The first kappa shape index (κ1) is 18.7. The average molecular weight is 385 g/mol. The Morgan fingerprint density at radius 1 is 1.17 bits per heavy atom. The molecule has 1 aromatic carbocycles. The van der Waals surface area contributed by atoms with Crippen LogP contribution in [-0.2, 0) is 6.54 Å². The molecule has 0 radical (unpaired) electrons. The number of hydrogen-bond acceptors (Lipinski definition) is 5. The number of anilines is 1. The molecule has 0 saturated carbocycles. The number of aliphatic hydroxyl groups excluding tert-OH is 1. The molecule has 2 heterocycles. The molecular formula is C23H23N5O. The largest absolute Gasteiger partial charge is 0.512 e. The van der Waals surface area contributed by atoms with Gasteiger partial charge in [0, 0.05) is 18.7 Å². The summed E-state index contributed by atoms with van der Waals surface area (Å²) in [4.78, 5) is 8.94. The van der Waals surface area contributed by atoms with Gasteiger partial charge in [-0.15, -0.1) is 0 Å². The Morgan fingerprint density at radius 3 is 2.83 bits per heavy atom. The summed E-state index contributed by atoms with van der Waals surface area (Å²) < 4.78 is 2.21. The summed E-state index contributed by atoms with van der Waals surface area (Å²) in [7, 11) is 0. The van der Waals surface area contributed by atoms with E-state index in [0.717, 1.165) is 34.4 Å². The van der Waals surface area contributed by atoms with E-state index in [2.05, 4.69) is 51.0 Å². The van der Waals surface area contributed by atoms with Crippen LogP contribution in [0.2, 0.25) is 0 Å². The first-order valence-electron chi connectivity index (χ1n) is 9.53. The van der Waals surface area contributed by atoms with Crippen molar-refractivity contribution in [3.05, 3.63) is 89.1 Å². The van der Waals surface area contributed by atoms with Crippen LogP contribution in [0.4, 0.5) is 5.82 Å². The van der Waals surface area contributed by atoms with Gasteiger partial charge in [-0.3, -0.25) is 5.43 Å². The number of aliphatic hydroxyl groups is 1. The van der Waals surface area contributed by atoms with Crippen LogP contribution in [-0.4, -0.2) is 25.9 Å². The first-order valence-corrected chi connectivity index (χ1v) is 9.53. The van der Waals surface area contributed by atoms with Crippen molar-refractivity contribution in [2.24, 2.45) is 5.10 Å². The zero-order chi connectivity index (χ0) is 20.2. The van der Waals surface area contributed by atoms with Gasteiger partial charge in [0.15, 0.2) is 5.82 Å². The van der Waals surface area contributed by atoms with Crippen LogP contribution < -0.4 is 5.43 Å². The van der Waals surface area contributed by atoms with Crippen LogP contribution in [0.3, 0.4) is 0 Å². The first-order chi connectivity index (χ1) is 14.1. The van der Waals surface area contributed by atoms with Gasteiger partial charge in [0.1, 0.15) is 12.0 Å². The van der Waals surface area contributed by atoms with Gasteiger partial charge in [0.2, 0.25) is 0 Å². The number of allylic oxidation sites excluding steroid dienone is 5. The lowest BCUT2D eigenvalue weighted by molar-refractivity contribution is 0.402. The van der Waals surface area contributed by atoms with E-state index in [1.54, 1.807) is 18.6 Å². The third-order valence-electron chi connectivity index (χ3n) is 5.08. The topological polar surface area (TPSA) is 75.3 Å². The third-order valence-corrected chi connectivity index (χ3v) is 5.08. The average Bonchev–Trinajstić information content (AvgIpc) is 2.87. The van der Waals surface area contributed by atoms with Crippen molar-refractivity contribution < 1.29 is 5.11 Å². The highest BCUT2D eigenvalue weighted by Crippen LogP contribution is 2.29. The van der Waals surface area contributed by atoms with Gasteiger partial charge < -0.3 is 9.67 Å². The molecule has 29 heavy (non-hydrogen) atoms. The predicted octanol–water partition coefficient (Wildman–Crippen LogP) is 4.82. The van der Waals surface area contributed by atoms with Gasteiger partial charge in [0.05, 0.1) is 17.4 Å². The number of benzene rings is 1. The quantitative estimate of drug-likeness (QED) is 0.488. The second-order valence-electron chi connectivity index (χ2n) is 7.00. The molecule has 0 fully saturated rings. The summed E-state index contributed by atoms with van der Waals surface area (Å²) in [6.45, 7) is 4.94. The summed E-state index contributed by atoms with van der Waals surface area (Å²) in [5, 5.41) is 14.9. The van der Waals surface area contributed by atoms with Crippen LogP contribution in [0.15, 0.2) is 77.4 Å². The normalized spacial score (nSPS) is 14.1. The van der Waals surface area contributed by atoms with Crippen molar-refractivity contribution in [3.63, 3.8) is 0 Å². The molecule has 2 N–H and O–H groups in total. The minimum Gasteiger partial charge on any atom is -0.512 e. The van der Waals surface area contributed by atoms with E-state index in [1.165, 1.54) is 5.56 Å². The van der Waals surface area contributed by atoms with Crippen molar-refractivity contribution in [3.8, 4) is 0 Å². The number of rotatable bonds is 5. The molecule has 4 rings (SSSR count). The lowest BCUT2D eigenvalue weighted by atomic mass is 10.2. The standard InChI is InChI=1S/C23H23N5O/c1-16-17(2)28(14-19-7-4-3-5-8-19)23-21(16)22(24-15-25-23)27-26-13-18-9-6-10-20(29)12-11-18/h3-9,11-13,15,29H,10,14H2,1-2H3,(H,24,25,27)/b26-13+. The molecule has 0 amide bonds. The van der Waals surface area contributed by atoms with E-state index in [-0.39, 0.29) is 0 Å². The number of hydrazone groups is 1.